The zero-order valence-electron chi connectivity index (χ0n) is 9.93. The highest BCUT2D eigenvalue weighted by atomic mass is 127. The molecule has 0 spiro atoms. The van der Waals surface area contributed by atoms with Crippen LogP contribution in [0.4, 0.5) is 0 Å². The van der Waals surface area contributed by atoms with Gasteiger partial charge in [0.2, 0.25) is 0 Å². The smallest absolute Gasteiger partial charge is 0.0731 e. The Balaban J connectivity index is 2.48. The molecule has 2 rings (SSSR count). The van der Waals surface area contributed by atoms with Crippen LogP contribution in [0.15, 0.2) is 32.5 Å². The van der Waals surface area contributed by atoms with Gasteiger partial charge in [-0.05, 0) is 87.9 Å². The lowest BCUT2D eigenvalue weighted by Gasteiger charge is -2.17. The summed E-state index contributed by atoms with van der Waals surface area (Å²) in [6.45, 7) is 2.13. The van der Waals surface area contributed by atoms with E-state index >= 15 is 0 Å². The predicted molar refractivity (Wildman–Crippen MR) is 94.5 cm³/mol. The summed E-state index contributed by atoms with van der Waals surface area (Å²) in [6, 6.07) is 8.89. The van der Waals surface area contributed by atoms with E-state index in [9.17, 15) is 0 Å². The molecule has 0 aliphatic rings. The van der Waals surface area contributed by atoms with Gasteiger partial charge in [0.1, 0.15) is 0 Å². The van der Waals surface area contributed by atoms with E-state index in [1.165, 1.54) is 23.4 Å². The third-order valence-corrected chi connectivity index (χ3v) is 6.40. The normalized spacial score (nSPS) is 12.7. The molecule has 1 unspecified atom stereocenters. The van der Waals surface area contributed by atoms with E-state index < -0.39 is 0 Å². The van der Waals surface area contributed by atoms with Crippen molar-refractivity contribution >= 4 is 65.8 Å². The molecule has 0 aliphatic carbocycles. The van der Waals surface area contributed by atoms with Crippen LogP contribution < -0.4 is 5.32 Å². The molecule has 1 nitrogen and oxygen atoms in total. The lowest BCUT2D eigenvalue weighted by atomic mass is 10.1. The second-order valence-electron chi connectivity index (χ2n) is 3.99. The summed E-state index contributed by atoms with van der Waals surface area (Å²) in [6.07, 6.45) is 0. The Morgan fingerprint density at radius 1 is 1.28 bits per heavy atom. The molecule has 1 heterocycles. The maximum absolute atomic E-state index is 3.60. The zero-order valence-corrected chi connectivity index (χ0v) is 16.1. The standard InChI is InChI=1S/C13H12Br2INS/c1-7-5-11(18-13(7)15)12(17-2)9-6-8(14)3-4-10(9)16/h3-6,12,17H,1-2H3. The van der Waals surface area contributed by atoms with Crippen LogP contribution in [0.25, 0.3) is 0 Å². The molecule has 1 atom stereocenters. The molecule has 0 aliphatic heterocycles. The first kappa shape index (κ1) is 15.0. The van der Waals surface area contributed by atoms with E-state index in [2.05, 4.69) is 91.0 Å². The van der Waals surface area contributed by atoms with Crippen LogP contribution >= 0.6 is 65.8 Å². The fourth-order valence-electron chi connectivity index (χ4n) is 1.81. The summed E-state index contributed by atoms with van der Waals surface area (Å²) in [5, 5.41) is 3.41. The number of rotatable bonds is 3. The molecule has 5 heteroatoms. The van der Waals surface area contributed by atoms with E-state index in [0.29, 0.717) is 0 Å². The summed E-state index contributed by atoms with van der Waals surface area (Å²) >= 11 is 11.3. The zero-order chi connectivity index (χ0) is 13.3. The highest BCUT2D eigenvalue weighted by Crippen LogP contribution is 2.36. The molecular formula is C13H12Br2INS. The van der Waals surface area contributed by atoms with Crippen molar-refractivity contribution in [3.63, 3.8) is 0 Å². The molecule has 0 saturated heterocycles. The monoisotopic (exact) mass is 499 g/mol. The van der Waals surface area contributed by atoms with Gasteiger partial charge in [0.05, 0.1) is 9.83 Å². The molecule has 18 heavy (non-hydrogen) atoms. The second-order valence-corrected chi connectivity index (χ2v) is 8.47. The highest BCUT2D eigenvalue weighted by Gasteiger charge is 2.18. The lowest BCUT2D eigenvalue weighted by Crippen LogP contribution is -2.17. The van der Waals surface area contributed by atoms with Crippen molar-refractivity contribution in [1.29, 1.82) is 0 Å². The fraction of sp³-hybridized carbons (Fsp3) is 0.231. The van der Waals surface area contributed by atoms with Gasteiger partial charge in [-0.3, -0.25) is 0 Å². The van der Waals surface area contributed by atoms with Crippen LogP contribution in [0.3, 0.4) is 0 Å². The van der Waals surface area contributed by atoms with Crippen molar-refractivity contribution in [1.82, 2.24) is 5.32 Å². The van der Waals surface area contributed by atoms with Gasteiger partial charge < -0.3 is 5.32 Å². The molecule has 1 aromatic heterocycles. The largest absolute Gasteiger partial charge is 0.309 e. The Morgan fingerprint density at radius 3 is 2.56 bits per heavy atom. The summed E-state index contributed by atoms with van der Waals surface area (Å²) in [4.78, 5) is 1.33. The van der Waals surface area contributed by atoms with Crippen LogP contribution in [-0.4, -0.2) is 7.05 Å². The Hall–Kier alpha value is 0.570. The van der Waals surface area contributed by atoms with Gasteiger partial charge in [0, 0.05) is 12.9 Å². The van der Waals surface area contributed by atoms with Crippen LogP contribution in [0.5, 0.6) is 0 Å². The van der Waals surface area contributed by atoms with Gasteiger partial charge >= 0.3 is 0 Å². The highest BCUT2D eigenvalue weighted by molar-refractivity contribution is 14.1. The van der Waals surface area contributed by atoms with Crippen molar-refractivity contribution in [3.8, 4) is 0 Å². The number of hydrogen-bond donors (Lipinski definition) is 1. The first-order valence-electron chi connectivity index (χ1n) is 5.41. The maximum atomic E-state index is 3.60. The van der Waals surface area contributed by atoms with Gasteiger partial charge in [-0.15, -0.1) is 11.3 Å². The van der Waals surface area contributed by atoms with E-state index in [1.54, 1.807) is 11.3 Å². The first-order valence-corrected chi connectivity index (χ1v) is 8.89. The van der Waals surface area contributed by atoms with Gasteiger partial charge in [-0.25, -0.2) is 0 Å². The quantitative estimate of drug-likeness (QED) is 0.549. The third-order valence-electron chi connectivity index (χ3n) is 2.72. The van der Waals surface area contributed by atoms with Crippen LogP contribution in [-0.2, 0) is 0 Å². The van der Waals surface area contributed by atoms with Crippen molar-refractivity contribution in [2.45, 2.75) is 13.0 Å². The molecule has 1 aromatic carbocycles. The predicted octanol–water partition coefficient (Wildman–Crippen LogP) is 5.49. The third kappa shape index (κ3) is 3.17. The van der Waals surface area contributed by atoms with Gasteiger partial charge in [-0.1, -0.05) is 15.9 Å². The van der Waals surface area contributed by atoms with Crippen molar-refractivity contribution in [3.05, 3.63) is 52.1 Å². The molecule has 0 amide bonds. The number of nitrogens with one attached hydrogen (secondary N) is 1. The van der Waals surface area contributed by atoms with Gasteiger partial charge in [-0.2, -0.15) is 0 Å². The number of hydrogen-bond acceptors (Lipinski definition) is 2. The summed E-state index contributed by atoms with van der Waals surface area (Å²) in [7, 11) is 2.00. The summed E-state index contributed by atoms with van der Waals surface area (Å²) < 4.78 is 3.60. The SMILES string of the molecule is CNC(c1cc(C)c(Br)s1)c1cc(Br)ccc1I. The average molecular weight is 501 g/mol. The van der Waals surface area contributed by atoms with E-state index in [-0.39, 0.29) is 6.04 Å². The van der Waals surface area contributed by atoms with Crippen LogP contribution in [0, 0.1) is 10.5 Å². The number of thiophene rings is 1. The van der Waals surface area contributed by atoms with Crippen molar-refractivity contribution in [2.24, 2.45) is 0 Å². The molecular weight excluding hydrogens is 489 g/mol. The number of aryl methyl sites for hydroxylation is 1. The number of benzene rings is 1. The van der Waals surface area contributed by atoms with E-state index in [0.717, 1.165) is 4.47 Å². The molecule has 0 bridgehead atoms. The van der Waals surface area contributed by atoms with Gasteiger partial charge in [0.25, 0.3) is 0 Å². The Bertz CT molecular complexity index is 549. The molecule has 1 N–H and O–H groups in total. The van der Waals surface area contributed by atoms with Crippen molar-refractivity contribution < 1.29 is 0 Å². The van der Waals surface area contributed by atoms with Crippen LogP contribution in [0.2, 0.25) is 0 Å². The number of halogens is 3. The topological polar surface area (TPSA) is 12.0 Å². The molecule has 96 valence electrons. The Morgan fingerprint density at radius 2 is 2.00 bits per heavy atom. The minimum Gasteiger partial charge on any atom is -0.309 e. The Kier molecular flexibility index (Phi) is 5.28. The summed E-state index contributed by atoms with van der Waals surface area (Å²) in [5.41, 5.74) is 2.60. The maximum Gasteiger partial charge on any atom is 0.0731 e. The lowest BCUT2D eigenvalue weighted by molar-refractivity contribution is 0.700. The summed E-state index contributed by atoms with van der Waals surface area (Å²) in [5.74, 6) is 0. The molecule has 0 fully saturated rings. The minimum absolute atomic E-state index is 0.240. The average Bonchev–Trinajstić information content (AvgIpc) is 2.65. The van der Waals surface area contributed by atoms with Crippen molar-refractivity contribution in [2.75, 3.05) is 7.05 Å². The second kappa shape index (κ2) is 6.35. The van der Waals surface area contributed by atoms with E-state index in [4.69, 9.17) is 0 Å². The molecule has 2 aromatic rings. The first-order chi connectivity index (χ1) is 8.52. The molecule has 0 saturated carbocycles. The van der Waals surface area contributed by atoms with Gasteiger partial charge in [0.15, 0.2) is 0 Å². The minimum atomic E-state index is 0.240. The fourth-order valence-corrected chi connectivity index (χ4v) is 4.54. The van der Waals surface area contributed by atoms with Crippen LogP contribution in [0.1, 0.15) is 22.0 Å². The molecule has 0 radical (unpaired) electrons. The van der Waals surface area contributed by atoms with E-state index in [1.807, 2.05) is 7.05 Å². The Labute approximate surface area is 142 Å².